The van der Waals surface area contributed by atoms with Crippen LogP contribution in [0.4, 0.5) is 0 Å². The van der Waals surface area contributed by atoms with Crippen molar-refractivity contribution in [3.8, 4) is 0 Å². The van der Waals surface area contributed by atoms with Crippen LogP contribution in [0.3, 0.4) is 0 Å². The van der Waals surface area contributed by atoms with E-state index in [0.29, 0.717) is 15.6 Å². The van der Waals surface area contributed by atoms with Gasteiger partial charge < -0.3 is 0 Å². The van der Waals surface area contributed by atoms with Gasteiger partial charge in [0, 0.05) is 12.7 Å². The fraction of sp³-hybridized carbons (Fsp3) is 0.364. The maximum Gasteiger partial charge on any atom is 0.157 e. The van der Waals surface area contributed by atoms with Crippen LogP contribution in [0.2, 0.25) is 10.0 Å². The van der Waals surface area contributed by atoms with Crippen LogP contribution in [0.5, 0.6) is 0 Å². The number of Topliss-reactive ketones (excluding diaryl/α,β-unsaturated/α-hetero) is 1. The van der Waals surface area contributed by atoms with Crippen molar-refractivity contribution in [2.24, 2.45) is 0 Å². The first kappa shape index (κ1) is 14.5. The molecular weight excluding hydrogens is 283 g/mol. The molecule has 0 spiro atoms. The summed E-state index contributed by atoms with van der Waals surface area (Å²) in [5.74, 6) is -0.392. The summed E-state index contributed by atoms with van der Waals surface area (Å²) in [4.78, 5) is 11.7. The number of halogens is 2. The smallest absolute Gasteiger partial charge is 0.157 e. The molecule has 6 heteroatoms. The van der Waals surface area contributed by atoms with Crippen LogP contribution in [-0.2, 0) is 21.1 Å². The van der Waals surface area contributed by atoms with E-state index in [1.54, 1.807) is 18.2 Å². The Hall–Kier alpha value is -0.580. The number of hydrogen-bond acceptors (Lipinski definition) is 3. The maximum absolute atomic E-state index is 11.7. The Kier molecular flexibility index (Phi) is 4.58. The van der Waals surface area contributed by atoms with E-state index >= 15 is 0 Å². The molecule has 0 aliphatic carbocycles. The SMILES string of the molecule is CC(C(=O)Cc1cccc(Cl)c1Cl)S(C)(=O)=O. The number of carbonyl (C=O) groups is 1. The first-order valence-electron chi connectivity index (χ1n) is 4.88. The molecule has 0 bridgehead atoms. The summed E-state index contributed by atoms with van der Waals surface area (Å²) >= 11 is 11.7. The van der Waals surface area contributed by atoms with Gasteiger partial charge >= 0.3 is 0 Å². The number of rotatable bonds is 4. The molecule has 0 amide bonds. The lowest BCUT2D eigenvalue weighted by Gasteiger charge is -2.09. The lowest BCUT2D eigenvalue weighted by atomic mass is 10.1. The van der Waals surface area contributed by atoms with Crippen LogP contribution in [0.25, 0.3) is 0 Å². The zero-order valence-corrected chi connectivity index (χ0v) is 11.7. The monoisotopic (exact) mass is 294 g/mol. The molecule has 0 fully saturated rings. The molecule has 1 unspecified atom stereocenters. The van der Waals surface area contributed by atoms with Gasteiger partial charge in [-0.15, -0.1) is 0 Å². The van der Waals surface area contributed by atoms with Gasteiger partial charge in [0.1, 0.15) is 5.25 Å². The number of carbonyl (C=O) groups excluding carboxylic acids is 1. The quantitative estimate of drug-likeness (QED) is 0.857. The van der Waals surface area contributed by atoms with Crippen molar-refractivity contribution in [2.75, 3.05) is 6.26 Å². The molecule has 17 heavy (non-hydrogen) atoms. The number of benzene rings is 1. The number of hydrogen-bond donors (Lipinski definition) is 0. The standard InChI is InChI=1S/C11H12Cl2O3S/c1-7(17(2,15)16)10(14)6-8-4-3-5-9(12)11(8)13/h3-5,7H,6H2,1-2H3. The van der Waals surface area contributed by atoms with Crippen LogP contribution in [-0.4, -0.2) is 25.7 Å². The molecule has 1 aromatic rings. The van der Waals surface area contributed by atoms with Gasteiger partial charge in [0.25, 0.3) is 0 Å². The first-order valence-corrected chi connectivity index (χ1v) is 7.59. The predicted molar refractivity (Wildman–Crippen MR) is 69.5 cm³/mol. The van der Waals surface area contributed by atoms with Gasteiger partial charge in [-0.3, -0.25) is 4.79 Å². The average Bonchev–Trinajstić information content (AvgIpc) is 2.22. The highest BCUT2D eigenvalue weighted by atomic mass is 35.5. The summed E-state index contributed by atoms with van der Waals surface area (Å²) in [6, 6.07) is 4.93. The van der Waals surface area contributed by atoms with Crippen molar-refractivity contribution < 1.29 is 13.2 Å². The van der Waals surface area contributed by atoms with E-state index < -0.39 is 20.9 Å². The van der Waals surface area contributed by atoms with Crippen LogP contribution in [0, 0.1) is 0 Å². The average molecular weight is 295 g/mol. The molecular formula is C11H12Cl2O3S. The molecule has 1 rings (SSSR count). The highest BCUT2D eigenvalue weighted by Crippen LogP contribution is 2.26. The predicted octanol–water partition coefficient (Wildman–Crippen LogP) is 2.54. The first-order chi connectivity index (χ1) is 7.73. The lowest BCUT2D eigenvalue weighted by Crippen LogP contribution is -2.27. The van der Waals surface area contributed by atoms with Crippen LogP contribution < -0.4 is 0 Å². The van der Waals surface area contributed by atoms with Gasteiger partial charge in [0.15, 0.2) is 15.6 Å². The molecule has 0 heterocycles. The fourth-order valence-electron chi connectivity index (χ4n) is 1.26. The van der Waals surface area contributed by atoms with Crippen molar-refractivity contribution in [1.29, 1.82) is 0 Å². The molecule has 0 aliphatic heterocycles. The van der Waals surface area contributed by atoms with Gasteiger partial charge in [0.2, 0.25) is 0 Å². The van der Waals surface area contributed by atoms with Crippen molar-refractivity contribution in [3.63, 3.8) is 0 Å². The van der Waals surface area contributed by atoms with E-state index in [-0.39, 0.29) is 6.42 Å². The Morgan fingerprint density at radius 3 is 2.47 bits per heavy atom. The molecule has 0 saturated heterocycles. The minimum absolute atomic E-state index is 0.0341. The molecule has 0 aromatic heterocycles. The van der Waals surface area contributed by atoms with Gasteiger partial charge in [0.05, 0.1) is 10.0 Å². The second-order valence-corrected chi connectivity index (χ2v) is 6.98. The molecule has 1 atom stereocenters. The topological polar surface area (TPSA) is 51.2 Å². The van der Waals surface area contributed by atoms with Crippen LogP contribution >= 0.6 is 23.2 Å². The van der Waals surface area contributed by atoms with Crippen molar-refractivity contribution >= 4 is 38.8 Å². The Bertz CT molecular complexity index is 538. The van der Waals surface area contributed by atoms with Crippen LogP contribution in [0.15, 0.2) is 18.2 Å². The van der Waals surface area contributed by atoms with Crippen molar-refractivity contribution in [3.05, 3.63) is 33.8 Å². The minimum atomic E-state index is -3.37. The lowest BCUT2D eigenvalue weighted by molar-refractivity contribution is -0.117. The zero-order chi connectivity index (χ0) is 13.2. The molecule has 94 valence electrons. The summed E-state index contributed by atoms with van der Waals surface area (Å²) in [7, 11) is -3.37. The third-order valence-electron chi connectivity index (χ3n) is 2.49. The minimum Gasteiger partial charge on any atom is -0.298 e. The Morgan fingerprint density at radius 2 is 1.94 bits per heavy atom. The second-order valence-electron chi connectivity index (χ2n) is 3.83. The van der Waals surface area contributed by atoms with E-state index in [9.17, 15) is 13.2 Å². The van der Waals surface area contributed by atoms with Crippen LogP contribution in [0.1, 0.15) is 12.5 Å². The van der Waals surface area contributed by atoms with Gasteiger partial charge in [-0.1, -0.05) is 35.3 Å². The van der Waals surface area contributed by atoms with E-state index in [1.165, 1.54) is 6.92 Å². The van der Waals surface area contributed by atoms with Crippen molar-refractivity contribution in [2.45, 2.75) is 18.6 Å². The molecule has 0 radical (unpaired) electrons. The van der Waals surface area contributed by atoms with Gasteiger partial charge in [-0.2, -0.15) is 0 Å². The molecule has 3 nitrogen and oxygen atoms in total. The third kappa shape index (κ3) is 3.69. The van der Waals surface area contributed by atoms with E-state index in [1.807, 2.05) is 0 Å². The number of sulfone groups is 1. The number of ketones is 1. The van der Waals surface area contributed by atoms with E-state index in [0.717, 1.165) is 6.26 Å². The molecule has 0 saturated carbocycles. The van der Waals surface area contributed by atoms with E-state index in [2.05, 4.69) is 0 Å². The summed E-state index contributed by atoms with van der Waals surface area (Å²) in [6.07, 6.45) is 1.00. The fourth-order valence-corrected chi connectivity index (χ4v) is 2.20. The molecule has 0 N–H and O–H groups in total. The summed E-state index contributed by atoms with van der Waals surface area (Å²) in [5.41, 5.74) is 0.541. The summed E-state index contributed by atoms with van der Waals surface area (Å²) < 4.78 is 22.5. The Labute approximate surface area is 111 Å². The zero-order valence-electron chi connectivity index (χ0n) is 9.41. The third-order valence-corrected chi connectivity index (χ3v) is 4.90. The van der Waals surface area contributed by atoms with Gasteiger partial charge in [-0.05, 0) is 18.6 Å². The molecule has 0 aliphatic rings. The maximum atomic E-state index is 11.7. The normalized spacial score (nSPS) is 13.4. The Morgan fingerprint density at radius 1 is 1.35 bits per heavy atom. The summed E-state index contributed by atoms with van der Waals surface area (Å²) in [6.45, 7) is 1.37. The second kappa shape index (κ2) is 5.38. The van der Waals surface area contributed by atoms with E-state index in [4.69, 9.17) is 23.2 Å². The summed E-state index contributed by atoms with van der Waals surface area (Å²) in [5, 5.41) is -0.384. The molecule has 1 aromatic carbocycles. The largest absolute Gasteiger partial charge is 0.298 e. The Balaban J connectivity index is 2.93. The van der Waals surface area contributed by atoms with Gasteiger partial charge in [-0.25, -0.2) is 8.42 Å². The highest BCUT2D eigenvalue weighted by Gasteiger charge is 2.24. The highest BCUT2D eigenvalue weighted by molar-refractivity contribution is 7.92. The van der Waals surface area contributed by atoms with Crippen molar-refractivity contribution in [1.82, 2.24) is 0 Å².